The van der Waals surface area contributed by atoms with Crippen molar-refractivity contribution >= 4 is 54.8 Å². The Morgan fingerprint density at radius 3 is 2.60 bits per heavy atom. The van der Waals surface area contributed by atoms with E-state index in [1.54, 1.807) is 12.1 Å². The van der Waals surface area contributed by atoms with Crippen LogP contribution in [-0.4, -0.2) is 4.92 Å². The quantitative estimate of drug-likeness (QED) is 0.533. The smallest absolute Gasteiger partial charge is 0.271 e. The van der Waals surface area contributed by atoms with Gasteiger partial charge in [-0.2, -0.15) is 0 Å². The second kappa shape index (κ2) is 6.56. The lowest BCUT2D eigenvalue weighted by Gasteiger charge is -2.10. The van der Waals surface area contributed by atoms with E-state index in [1.165, 1.54) is 12.1 Å². The molecule has 0 fully saturated rings. The number of nitrogens with zero attached hydrogens (tertiary/aromatic N) is 1. The van der Waals surface area contributed by atoms with Gasteiger partial charge in [-0.1, -0.05) is 33.6 Å². The minimum atomic E-state index is -0.426. The fourth-order valence-corrected chi connectivity index (χ4v) is 2.74. The molecule has 0 amide bonds. The van der Waals surface area contributed by atoms with Gasteiger partial charge < -0.3 is 5.32 Å². The van der Waals surface area contributed by atoms with Crippen LogP contribution < -0.4 is 5.32 Å². The summed E-state index contributed by atoms with van der Waals surface area (Å²) in [5.74, 6) is 0. The van der Waals surface area contributed by atoms with E-state index in [4.69, 9.17) is 11.6 Å². The first kappa shape index (κ1) is 15.3. The Balaban J connectivity index is 2.18. The van der Waals surface area contributed by atoms with Crippen molar-refractivity contribution in [3.05, 3.63) is 66.0 Å². The van der Waals surface area contributed by atoms with E-state index in [9.17, 15) is 10.1 Å². The molecule has 1 N–H and O–H groups in total. The molecular formula is C13H9Br2ClN2O2. The molecule has 0 aromatic heterocycles. The van der Waals surface area contributed by atoms with Crippen molar-refractivity contribution in [2.24, 2.45) is 0 Å². The van der Waals surface area contributed by atoms with Crippen molar-refractivity contribution in [1.29, 1.82) is 0 Å². The number of rotatable bonds is 4. The molecule has 0 unspecified atom stereocenters. The summed E-state index contributed by atoms with van der Waals surface area (Å²) in [4.78, 5) is 10.3. The van der Waals surface area contributed by atoms with Crippen LogP contribution in [0.2, 0.25) is 5.02 Å². The van der Waals surface area contributed by atoms with Gasteiger partial charge in [0.1, 0.15) is 0 Å². The minimum absolute atomic E-state index is 0.0394. The molecule has 2 aromatic rings. The molecule has 0 radical (unpaired) electrons. The highest BCUT2D eigenvalue weighted by Gasteiger charge is 2.10. The number of nitro benzene ring substituents is 1. The van der Waals surface area contributed by atoms with Crippen molar-refractivity contribution < 1.29 is 4.92 Å². The summed E-state index contributed by atoms with van der Waals surface area (Å²) in [6.07, 6.45) is 0. The lowest BCUT2D eigenvalue weighted by molar-refractivity contribution is -0.384. The second-order valence-corrected chi connectivity index (χ2v) is 6.19. The lowest BCUT2D eigenvalue weighted by atomic mass is 10.2. The summed E-state index contributed by atoms with van der Waals surface area (Å²) in [6.45, 7) is 0.478. The number of nitrogens with one attached hydrogen (secondary N) is 1. The van der Waals surface area contributed by atoms with Gasteiger partial charge in [-0.05, 0) is 39.7 Å². The molecule has 0 aliphatic carbocycles. The van der Waals surface area contributed by atoms with Crippen LogP contribution in [0.1, 0.15) is 5.56 Å². The van der Waals surface area contributed by atoms with Crippen molar-refractivity contribution in [2.75, 3.05) is 5.32 Å². The highest BCUT2D eigenvalue weighted by atomic mass is 79.9. The lowest BCUT2D eigenvalue weighted by Crippen LogP contribution is -2.01. The molecule has 4 nitrogen and oxygen atoms in total. The number of anilines is 1. The van der Waals surface area contributed by atoms with Crippen molar-refractivity contribution in [1.82, 2.24) is 0 Å². The Hall–Kier alpha value is -1.11. The van der Waals surface area contributed by atoms with E-state index in [2.05, 4.69) is 37.2 Å². The monoisotopic (exact) mass is 418 g/mol. The Labute approximate surface area is 137 Å². The van der Waals surface area contributed by atoms with Gasteiger partial charge >= 0.3 is 0 Å². The fraction of sp³-hybridized carbons (Fsp3) is 0.0769. The SMILES string of the molecule is O=[N+]([O-])c1ccc(Br)c(NCc2ccc(Br)cc2Cl)c1. The topological polar surface area (TPSA) is 55.2 Å². The molecule has 0 bridgehead atoms. The Morgan fingerprint density at radius 2 is 1.95 bits per heavy atom. The molecule has 0 aliphatic rings. The molecule has 20 heavy (non-hydrogen) atoms. The van der Waals surface area contributed by atoms with Crippen LogP contribution in [0.25, 0.3) is 0 Å². The van der Waals surface area contributed by atoms with Gasteiger partial charge in [-0.3, -0.25) is 10.1 Å². The number of benzene rings is 2. The Bertz CT molecular complexity index is 665. The van der Waals surface area contributed by atoms with Crippen molar-refractivity contribution in [3.8, 4) is 0 Å². The summed E-state index contributed by atoms with van der Waals surface area (Å²) in [5, 5.41) is 14.5. The fourth-order valence-electron chi connectivity index (χ4n) is 1.62. The number of hydrogen-bond acceptors (Lipinski definition) is 3. The van der Waals surface area contributed by atoms with Gasteiger partial charge in [0.05, 0.1) is 10.6 Å². The number of halogens is 3. The zero-order valence-electron chi connectivity index (χ0n) is 10.1. The van der Waals surface area contributed by atoms with Crippen LogP contribution >= 0.6 is 43.5 Å². The first-order chi connectivity index (χ1) is 9.47. The van der Waals surface area contributed by atoms with E-state index in [0.29, 0.717) is 17.3 Å². The number of hydrogen-bond donors (Lipinski definition) is 1. The molecule has 2 aromatic carbocycles. The first-order valence-electron chi connectivity index (χ1n) is 5.59. The molecule has 0 aliphatic heterocycles. The van der Waals surface area contributed by atoms with E-state index >= 15 is 0 Å². The van der Waals surface area contributed by atoms with Crippen LogP contribution in [0.3, 0.4) is 0 Å². The molecule has 2 rings (SSSR count). The summed E-state index contributed by atoms with van der Waals surface area (Å²) in [5.41, 5.74) is 1.60. The van der Waals surface area contributed by atoms with Gasteiger partial charge in [0.2, 0.25) is 0 Å². The largest absolute Gasteiger partial charge is 0.380 e. The second-order valence-electron chi connectivity index (χ2n) is 4.01. The summed E-state index contributed by atoms with van der Waals surface area (Å²) >= 11 is 12.8. The molecular weight excluding hydrogens is 411 g/mol. The van der Waals surface area contributed by atoms with Gasteiger partial charge in [0.25, 0.3) is 5.69 Å². The average Bonchev–Trinajstić information content (AvgIpc) is 2.39. The van der Waals surface area contributed by atoms with E-state index < -0.39 is 4.92 Å². The van der Waals surface area contributed by atoms with Crippen LogP contribution in [-0.2, 0) is 6.54 Å². The van der Waals surface area contributed by atoms with Crippen molar-refractivity contribution in [2.45, 2.75) is 6.54 Å². The number of nitro groups is 1. The molecule has 0 heterocycles. The third kappa shape index (κ3) is 3.71. The maximum Gasteiger partial charge on any atom is 0.271 e. The van der Waals surface area contributed by atoms with E-state index in [-0.39, 0.29) is 5.69 Å². The number of non-ortho nitro benzene ring substituents is 1. The predicted molar refractivity (Wildman–Crippen MR) is 87.3 cm³/mol. The van der Waals surface area contributed by atoms with Crippen LogP contribution in [0, 0.1) is 10.1 Å². The van der Waals surface area contributed by atoms with E-state index in [0.717, 1.165) is 14.5 Å². The minimum Gasteiger partial charge on any atom is -0.380 e. The summed E-state index contributed by atoms with van der Waals surface area (Å²) in [6, 6.07) is 10.2. The van der Waals surface area contributed by atoms with Gasteiger partial charge in [0, 0.05) is 32.6 Å². The van der Waals surface area contributed by atoms with Crippen LogP contribution in [0.15, 0.2) is 45.3 Å². The van der Waals surface area contributed by atoms with Gasteiger partial charge in [-0.15, -0.1) is 0 Å². The zero-order valence-corrected chi connectivity index (χ0v) is 14.0. The van der Waals surface area contributed by atoms with Gasteiger partial charge in [-0.25, -0.2) is 0 Å². The molecule has 0 spiro atoms. The first-order valence-corrected chi connectivity index (χ1v) is 7.55. The molecule has 0 saturated carbocycles. The summed E-state index contributed by atoms with van der Waals surface area (Å²) < 4.78 is 1.67. The molecule has 104 valence electrons. The van der Waals surface area contributed by atoms with Crippen molar-refractivity contribution in [3.63, 3.8) is 0 Å². The normalized spacial score (nSPS) is 10.3. The molecule has 7 heteroatoms. The van der Waals surface area contributed by atoms with Crippen LogP contribution in [0.5, 0.6) is 0 Å². The Kier molecular flexibility index (Phi) is 5.01. The maximum absolute atomic E-state index is 10.8. The summed E-state index contributed by atoms with van der Waals surface area (Å²) in [7, 11) is 0. The maximum atomic E-state index is 10.8. The standard InChI is InChI=1S/C13H9Br2ClN2O2/c14-9-2-1-8(12(16)5-9)7-17-13-6-10(18(19)20)3-4-11(13)15/h1-6,17H,7H2. The van der Waals surface area contributed by atoms with Gasteiger partial charge in [0.15, 0.2) is 0 Å². The average molecular weight is 420 g/mol. The molecule has 0 saturated heterocycles. The third-order valence-electron chi connectivity index (χ3n) is 2.65. The highest BCUT2D eigenvalue weighted by molar-refractivity contribution is 9.10. The van der Waals surface area contributed by atoms with Crippen LogP contribution in [0.4, 0.5) is 11.4 Å². The third-order valence-corrected chi connectivity index (χ3v) is 4.18. The predicted octanol–water partition coefficient (Wildman–Crippen LogP) is 5.39. The Morgan fingerprint density at radius 1 is 1.20 bits per heavy atom. The van der Waals surface area contributed by atoms with E-state index in [1.807, 2.05) is 12.1 Å². The zero-order chi connectivity index (χ0) is 14.7. The molecule has 0 atom stereocenters. The highest BCUT2D eigenvalue weighted by Crippen LogP contribution is 2.28.